The van der Waals surface area contributed by atoms with E-state index in [4.69, 9.17) is 11.6 Å². The fourth-order valence-corrected chi connectivity index (χ4v) is 1.00. The van der Waals surface area contributed by atoms with E-state index in [-0.39, 0.29) is 5.02 Å². The smallest absolute Gasteiger partial charge is 0.157 e. The van der Waals surface area contributed by atoms with Crippen LogP contribution in [0.1, 0.15) is 5.56 Å². The standard InChI is InChI=1S/C10H9ClFN/c1-13-7-3-5-8-4-2-6-9(11)10(8)12/h2,4,6,13H,7H2,1H3. The fourth-order valence-electron chi connectivity index (χ4n) is 0.828. The van der Waals surface area contributed by atoms with Crippen molar-refractivity contribution in [3.63, 3.8) is 0 Å². The molecule has 1 nitrogen and oxygen atoms in total. The van der Waals surface area contributed by atoms with Crippen molar-refractivity contribution < 1.29 is 4.39 Å². The van der Waals surface area contributed by atoms with Crippen LogP contribution in [0.5, 0.6) is 0 Å². The predicted molar refractivity (Wildman–Crippen MR) is 52.2 cm³/mol. The Balaban J connectivity index is 2.91. The van der Waals surface area contributed by atoms with E-state index in [9.17, 15) is 4.39 Å². The van der Waals surface area contributed by atoms with Crippen molar-refractivity contribution in [2.75, 3.05) is 13.6 Å². The summed E-state index contributed by atoms with van der Waals surface area (Å²) in [5.41, 5.74) is 0.336. The van der Waals surface area contributed by atoms with Crippen LogP contribution in [0.3, 0.4) is 0 Å². The van der Waals surface area contributed by atoms with Crippen molar-refractivity contribution in [3.8, 4) is 11.8 Å². The average molecular weight is 198 g/mol. The van der Waals surface area contributed by atoms with Gasteiger partial charge in [0, 0.05) is 0 Å². The highest BCUT2D eigenvalue weighted by Gasteiger charge is 2.01. The second-order valence-electron chi connectivity index (χ2n) is 2.43. The third kappa shape index (κ3) is 2.73. The number of nitrogens with one attached hydrogen (secondary N) is 1. The van der Waals surface area contributed by atoms with Gasteiger partial charge < -0.3 is 5.32 Å². The van der Waals surface area contributed by atoms with Gasteiger partial charge in [-0.25, -0.2) is 4.39 Å². The molecule has 0 saturated heterocycles. The second kappa shape index (κ2) is 4.86. The Morgan fingerprint density at radius 3 is 3.00 bits per heavy atom. The van der Waals surface area contributed by atoms with Gasteiger partial charge >= 0.3 is 0 Å². The molecule has 0 fully saturated rings. The highest BCUT2D eigenvalue weighted by Crippen LogP contribution is 2.16. The van der Waals surface area contributed by atoms with Crippen LogP contribution in [-0.4, -0.2) is 13.6 Å². The average Bonchev–Trinajstić information content (AvgIpc) is 2.13. The summed E-state index contributed by atoms with van der Waals surface area (Å²) in [7, 11) is 1.78. The molecule has 0 saturated carbocycles. The molecule has 0 bridgehead atoms. The van der Waals surface area contributed by atoms with Gasteiger partial charge in [-0.05, 0) is 19.2 Å². The van der Waals surface area contributed by atoms with Gasteiger partial charge in [-0.2, -0.15) is 0 Å². The van der Waals surface area contributed by atoms with E-state index in [2.05, 4.69) is 17.2 Å². The number of benzene rings is 1. The maximum atomic E-state index is 13.2. The van der Waals surface area contributed by atoms with Gasteiger partial charge in [-0.1, -0.05) is 29.5 Å². The first-order valence-electron chi connectivity index (χ1n) is 3.83. The van der Waals surface area contributed by atoms with Gasteiger partial charge in [0.05, 0.1) is 17.1 Å². The van der Waals surface area contributed by atoms with E-state index in [1.165, 1.54) is 6.07 Å². The molecular weight excluding hydrogens is 189 g/mol. The van der Waals surface area contributed by atoms with Gasteiger partial charge in [0.15, 0.2) is 5.82 Å². The van der Waals surface area contributed by atoms with Crippen LogP contribution in [0.4, 0.5) is 4.39 Å². The summed E-state index contributed by atoms with van der Waals surface area (Å²) in [6.45, 7) is 0.534. The number of halogens is 2. The first kappa shape index (κ1) is 10.0. The Morgan fingerprint density at radius 1 is 1.54 bits per heavy atom. The summed E-state index contributed by atoms with van der Waals surface area (Å²) < 4.78 is 13.2. The van der Waals surface area contributed by atoms with Crippen LogP contribution >= 0.6 is 11.6 Å². The zero-order valence-corrected chi connectivity index (χ0v) is 7.95. The molecule has 0 unspecified atom stereocenters. The van der Waals surface area contributed by atoms with Gasteiger partial charge in [-0.3, -0.25) is 0 Å². The molecule has 0 aliphatic carbocycles. The number of rotatable bonds is 1. The quantitative estimate of drug-likeness (QED) is 0.680. The molecule has 1 rings (SSSR count). The predicted octanol–water partition coefficient (Wildman–Crippen LogP) is 2.05. The summed E-state index contributed by atoms with van der Waals surface area (Å²) >= 11 is 5.57. The summed E-state index contributed by atoms with van der Waals surface area (Å²) in [5.74, 6) is 4.99. The van der Waals surface area contributed by atoms with Crippen molar-refractivity contribution in [1.82, 2.24) is 5.32 Å². The van der Waals surface area contributed by atoms with Gasteiger partial charge in [0.2, 0.25) is 0 Å². The maximum absolute atomic E-state index is 13.2. The number of hydrogen-bond acceptors (Lipinski definition) is 1. The van der Waals surface area contributed by atoms with E-state index >= 15 is 0 Å². The first-order valence-corrected chi connectivity index (χ1v) is 4.21. The van der Waals surface area contributed by atoms with E-state index in [0.29, 0.717) is 12.1 Å². The lowest BCUT2D eigenvalue weighted by Crippen LogP contribution is -2.04. The Bertz CT molecular complexity index is 352. The molecule has 3 heteroatoms. The summed E-state index contributed by atoms with van der Waals surface area (Å²) in [6, 6.07) is 4.78. The lowest BCUT2D eigenvalue weighted by molar-refractivity contribution is 0.625. The normalized spacial score (nSPS) is 9.15. The zero-order chi connectivity index (χ0) is 9.68. The van der Waals surface area contributed by atoms with Crippen molar-refractivity contribution >= 4 is 11.6 Å². The number of hydrogen-bond donors (Lipinski definition) is 1. The third-order valence-electron chi connectivity index (χ3n) is 1.44. The van der Waals surface area contributed by atoms with Crippen molar-refractivity contribution in [3.05, 3.63) is 34.6 Å². The van der Waals surface area contributed by atoms with Crippen LogP contribution in [-0.2, 0) is 0 Å². The highest BCUT2D eigenvalue weighted by molar-refractivity contribution is 6.30. The molecule has 0 heterocycles. The van der Waals surface area contributed by atoms with E-state index < -0.39 is 5.82 Å². The van der Waals surface area contributed by atoms with E-state index in [1.54, 1.807) is 19.2 Å². The Hall–Kier alpha value is -1.04. The Kier molecular flexibility index (Phi) is 3.75. The first-order chi connectivity index (χ1) is 6.25. The lowest BCUT2D eigenvalue weighted by Gasteiger charge is -1.95. The monoisotopic (exact) mass is 197 g/mol. The van der Waals surface area contributed by atoms with Crippen LogP contribution in [0.2, 0.25) is 5.02 Å². The molecule has 0 aliphatic heterocycles. The fraction of sp³-hybridized carbons (Fsp3) is 0.200. The molecule has 1 aromatic carbocycles. The molecular formula is C10H9ClFN. The lowest BCUT2D eigenvalue weighted by atomic mass is 10.2. The van der Waals surface area contributed by atoms with Crippen LogP contribution in [0, 0.1) is 17.7 Å². The summed E-state index contributed by atoms with van der Waals surface area (Å²) in [5, 5.41) is 2.95. The SMILES string of the molecule is CNCC#Cc1cccc(Cl)c1F. The minimum absolute atomic E-state index is 0.108. The largest absolute Gasteiger partial charge is 0.309 e. The maximum Gasteiger partial charge on any atom is 0.157 e. The molecule has 68 valence electrons. The second-order valence-corrected chi connectivity index (χ2v) is 2.84. The van der Waals surface area contributed by atoms with Gasteiger partial charge in [0.1, 0.15) is 0 Å². The third-order valence-corrected chi connectivity index (χ3v) is 1.73. The highest BCUT2D eigenvalue weighted by atomic mass is 35.5. The van der Waals surface area contributed by atoms with Crippen LogP contribution < -0.4 is 5.32 Å². The molecule has 1 N–H and O–H groups in total. The topological polar surface area (TPSA) is 12.0 Å². The molecule has 0 amide bonds. The molecule has 0 spiro atoms. The molecule has 13 heavy (non-hydrogen) atoms. The zero-order valence-electron chi connectivity index (χ0n) is 7.20. The van der Waals surface area contributed by atoms with Crippen LogP contribution in [0.15, 0.2) is 18.2 Å². The molecule has 0 aliphatic rings. The van der Waals surface area contributed by atoms with Crippen molar-refractivity contribution in [2.24, 2.45) is 0 Å². The minimum Gasteiger partial charge on any atom is -0.309 e. The minimum atomic E-state index is -0.451. The molecule has 1 aromatic rings. The molecule has 0 atom stereocenters. The summed E-state index contributed by atoms with van der Waals surface area (Å²) in [6.07, 6.45) is 0. The van der Waals surface area contributed by atoms with Crippen molar-refractivity contribution in [2.45, 2.75) is 0 Å². The van der Waals surface area contributed by atoms with E-state index in [1.807, 2.05) is 0 Å². The Labute approximate surface area is 81.9 Å². The van der Waals surface area contributed by atoms with Gasteiger partial charge in [0.25, 0.3) is 0 Å². The van der Waals surface area contributed by atoms with Gasteiger partial charge in [-0.15, -0.1) is 0 Å². The molecule has 0 aromatic heterocycles. The molecule has 0 radical (unpaired) electrons. The van der Waals surface area contributed by atoms with Crippen LogP contribution in [0.25, 0.3) is 0 Å². The summed E-state index contributed by atoms with van der Waals surface area (Å²) in [4.78, 5) is 0. The Morgan fingerprint density at radius 2 is 2.31 bits per heavy atom. The van der Waals surface area contributed by atoms with Crippen molar-refractivity contribution in [1.29, 1.82) is 0 Å². The van der Waals surface area contributed by atoms with E-state index in [0.717, 1.165) is 0 Å².